The van der Waals surface area contributed by atoms with Crippen molar-refractivity contribution in [1.29, 1.82) is 0 Å². The highest BCUT2D eigenvalue weighted by Crippen LogP contribution is 2.30. The van der Waals surface area contributed by atoms with E-state index in [1.807, 2.05) is 6.07 Å². The first-order chi connectivity index (χ1) is 7.69. The van der Waals surface area contributed by atoms with Gasteiger partial charge in [-0.3, -0.25) is 0 Å². The van der Waals surface area contributed by atoms with Crippen molar-refractivity contribution >= 4 is 23.2 Å². The summed E-state index contributed by atoms with van der Waals surface area (Å²) < 4.78 is 5.64. The normalized spacial score (nSPS) is 10.5. The quantitative estimate of drug-likeness (QED) is 0.839. The Balaban J connectivity index is 2.87. The molecule has 2 nitrogen and oxygen atoms in total. The van der Waals surface area contributed by atoms with Crippen molar-refractivity contribution in [3.05, 3.63) is 27.7 Å². The first-order valence-corrected chi connectivity index (χ1v) is 6.26. The standard InChI is InChI=1S/C12H17Cl2NO/c1-3-5-16-12-7-11(14)10(13)6-9(12)8-15-4-2/h6-7,15H,3-5,8H2,1-2H3. The first kappa shape index (κ1) is 13.6. The Labute approximate surface area is 107 Å². The van der Waals surface area contributed by atoms with E-state index in [1.54, 1.807) is 6.07 Å². The molecule has 0 radical (unpaired) electrons. The van der Waals surface area contributed by atoms with Crippen LogP contribution in [0.4, 0.5) is 0 Å². The molecule has 16 heavy (non-hydrogen) atoms. The molecule has 0 unspecified atom stereocenters. The highest BCUT2D eigenvalue weighted by Gasteiger charge is 2.08. The predicted molar refractivity (Wildman–Crippen MR) is 69.6 cm³/mol. The Hall–Kier alpha value is -0.440. The van der Waals surface area contributed by atoms with Crippen molar-refractivity contribution in [3.63, 3.8) is 0 Å². The zero-order chi connectivity index (χ0) is 12.0. The Bertz CT molecular complexity index is 309. The number of hydrogen-bond acceptors (Lipinski definition) is 2. The predicted octanol–water partition coefficient (Wildman–Crippen LogP) is 3.89. The molecular formula is C12H17Cl2NO. The average molecular weight is 262 g/mol. The van der Waals surface area contributed by atoms with Gasteiger partial charge in [0.15, 0.2) is 0 Å². The fourth-order valence-corrected chi connectivity index (χ4v) is 1.65. The molecular weight excluding hydrogens is 245 g/mol. The molecule has 1 aromatic carbocycles. The van der Waals surface area contributed by atoms with Gasteiger partial charge in [0.25, 0.3) is 0 Å². The summed E-state index contributed by atoms with van der Waals surface area (Å²) in [5.41, 5.74) is 1.05. The van der Waals surface area contributed by atoms with E-state index in [0.717, 1.165) is 30.8 Å². The molecule has 1 rings (SSSR count). The van der Waals surface area contributed by atoms with Crippen LogP contribution in [0.1, 0.15) is 25.8 Å². The Morgan fingerprint density at radius 1 is 1.19 bits per heavy atom. The molecule has 4 heteroatoms. The number of benzene rings is 1. The van der Waals surface area contributed by atoms with Gasteiger partial charge in [0, 0.05) is 18.2 Å². The molecule has 0 saturated heterocycles. The number of hydrogen-bond donors (Lipinski definition) is 1. The van der Waals surface area contributed by atoms with E-state index in [-0.39, 0.29) is 0 Å². The smallest absolute Gasteiger partial charge is 0.125 e. The lowest BCUT2D eigenvalue weighted by Crippen LogP contribution is -2.13. The molecule has 0 heterocycles. The first-order valence-electron chi connectivity index (χ1n) is 5.50. The van der Waals surface area contributed by atoms with Crippen LogP contribution in [0.5, 0.6) is 5.75 Å². The van der Waals surface area contributed by atoms with Crippen molar-refractivity contribution < 1.29 is 4.74 Å². The van der Waals surface area contributed by atoms with Gasteiger partial charge in [-0.15, -0.1) is 0 Å². The van der Waals surface area contributed by atoms with Gasteiger partial charge in [-0.1, -0.05) is 37.0 Å². The summed E-state index contributed by atoms with van der Waals surface area (Å²) in [6.07, 6.45) is 0.973. The Morgan fingerprint density at radius 3 is 2.50 bits per heavy atom. The van der Waals surface area contributed by atoms with E-state index < -0.39 is 0 Å². The zero-order valence-electron chi connectivity index (χ0n) is 9.65. The second-order valence-electron chi connectivity index (χ2n) is 3.50. The second kappa shape index (κ2) is 7.00. The minimum Gasteiger partial charge on any atom is -0.493 e. The van der Waals surface area contributed by atoms with Gasteiger partial charge in [0.05, 0.1) is 16.7 Å². The maximum Gasteiger partial charge on any atom is 0.125 e. The fraction of sp³-hybridized carbons (Fsp3) is 0.500. The molecule has 0 amide bonds. The highest BCUT2D eigenvalue weighted by molar-refractivity contribution is 6.42. The maximum atomic E-state index is 5.98. The van der Waals surface area contributed by atoms with Crippen LogP contribution in [0.25, 0.3) is 0 Å². The summed E-state index contributed by atoms with van der Waals surface area (Å²) in [7, 11) is 0. The van der Waals surface area contributed by atoms with Crippen LogP contribution in [0, 0.1) is 0 Å². The van der Waals surface area contributed by atoms with E-state index in [0.29, 0.717) is 16.7 Å². The van der Waals surface area contributed by atoms with Crippen LogP contribution in [-0.4, -0.2) is 13.2 Å². The molecule has 90 valence electrons. The third kappa shape index (κ3) is 3.85. The zero-order valence-corrected chi connectivity index (χ0v) is 11.2. The van der Waals surface area contributed by atoms with E-state index >= 15 is 0 Å². The van der Waals surface area contributed by atoms with Crippen LogP contribution < -0.4 is 10.1 Å². The van der Waals surface area contributed by atoms with Crippen molar-refractivity contribution in [1.82, 2.24) is 5.32 Å². The van der Waals surface area contributed by atoms with E-state index in [1.165, 1.54) is 0 Å². The van der Waals surface area contributed by atoms with Gasteiger partial charge in [-0.25, -0.2) is 0 Å². The second-order valence-corrected chi connectivity index (χ2v) is 4.32. The summed E-state index contributed by atoms with van der Waals surface area (Å²) in [6.45, 7) is 6.47. The van der Waals surface area contributed by atoms with Crippen LogP contribution >= 0.6 is 23.2 Å². The van der Waals surface area contributed by atoms with Crippen LogP contribution in [0.2, 0.25) is 10.0 Å². The minimum atomic E-state index is 0.535. The highest BCUT2D eigenvalue weighted by atomic mass is 35.5. The lowest BCUT2D eigenvalue weighted by atomic mass is 10.2. The third-order valence-corrected chi connectivity index (χ3v) is 2.85. The number of rotatable bonds is 6. The van der Waals surface area contributed by atoms with Crippen molar-refractivity contribution in [2.45, 2.75) is 26.8 Å². The lowest BCUT2D eigenvalue weighted by molar-refractivity contribution is 0.313. The van der Waals surface area contributed by atoms with Crippen LogP contribution in [-0.2, 0) is 6.54 Å². The van der Waals surface area contributed by atoms with Gasteiger partial charge in [0.2, 0.25) is 0 Å². The third-order valence-electron chi connectivity index (χ3n) is 2.13. The summed E-state index contributed by atoms with van der Waals surface area (Å²) in [5, 5.41) is 4.35. The molecule has 0 aromatic heterocycles. The molecule has 0 atom stereocenters. The molecule has 0 fully saturated rings. The Kier molecular flexibility index (Phi) is 5.96. The van der Waals surface area contributed by atoms with E-state index in [9.17, 15) is 0 Å². The summed E-state index contributed by atoms with van der Waals surface area (Å²) in [5.74, 6) is 0.817. The van der Waals surface area contributed by atoms with Gasteiger partial charge in [0.1, 0.15) is 5.75 Å². The molecule has 0 aliphatic carbocycles. The molecule has 0 spiro atoms. The average Bonchev–Trinajstić information content (AvgIpc) is 2.28. The van der Waals surface area contributed by atoms with Crippen molar-refractivity contribution in [3.8, 4) is 5.75 Å². The number of halogens is 2. The molecule has 0 bridgehead atoms. The van der Waals surface area contributed by atoms with Gasteiger partial charge in [-0.05, 0) is 19.0 Å². The van der Waals surface area contributed by atoms with Gasteiger partial charge in [-0.2, -0.15) is 0 Å². The monoisotopic (exact) mass is 261 g/mol. The fourth-order valence-electron chi connectivity index (χ4n) is 1.31. The number of nitrogens with one attached hydrogen (secondary N) is 1. The minimum absolute atomic E-state index is 0.535. The molecule has 0 aliphatic rings. The summed E-state index contributed by atoms with van der Waals surface area (Å²) in [4.78, 5) is 0. The van der Waals surface area contributed by atoms with Crippen molar-refractivity contribution in [2.75, 3.05) is 13.2 Å². The summed E-state index contributed by atoms with van der Waals surface area (Å²) in [6, 6.07) is 3.64. The topological polar surface area (TPSA) is 21.3 Å². The largest absolute Gasteiger partial charge is 0.493 e. The van der Waals surface area contributed by atoms with E-state index in [2.05, 4.69) is 19.2 Å². The maximum absolute atomic E-state index is 5.98. The van der Waals surface area contributed by atoms with Crippen LogP contribution in [0.15, 0.2) is 12.1 Å². The number of ether oxygens (including phenoxy) is 1. The van der Waals surface area contributed by atoms with E-state index in [4.69, 9.17) is 27.9 Å². The SMILES string of the molecule is CCCOc1cc(Cl)c(Cl)cc1CNCC. The molecule has 1 aromatic rings. The molecule has 1 N–H and O–H groups in total. The Morgan fingerprint density at radius 2 is 1.88 bits per heavy atom. The van der Waals surface area contributed by atoms with Gasteiger partial charge < -0.3 is 10.1 Å². The van der Waals surface area contributed by atoms with Gasteiger partial charge >= 0.3 is 0 Å². The summed E-state index contributed by atoms with van der Waals surface area (Å²) >= 11 is 11.9. The lowest BCUT2D eigenvalue weighted by Gasteiger charge is -2.12. The van der Waals surface area contributed by atoms with Crippen molar-refractivity contribution in [2.24, 2.45) is 0 Å². The molecule has 0 aliphatic heterocycles. The molecule has 0 saturated carbocycles. The van der Waals surface area contributed by atoms with Crippen LogP contribution in [0.3, 0.4) is 0 Å².